The summed E-state index contributed by atoms with van der Waals surface area (Å²) in [5.41, 5.74) is 6.77. The molecule has 1 atom stereocenters. The molecule has 4 heteroatoms. The van der Waals surface area contributed by atoms with E-state index in [1.54, 1.807) is 34.4 Å². The summed E-state index contributed by atoms with van der Waals surface area (Å²) in [7, 11) is -1.11. The Morgan fingerprint density at radius 2 is 1.64 bits per heavy atom. The minimum absolute atomic E-state index is 0. The van der Waals surface area contributed by atoms with Crippen molar-refractivity contribution < 1.29 is 47.7 Å². The van der Waals surface area contributed by atoms with Crippen LogP contribution in [0.5, 0.6) is 0 Å². The topological polar surface area (TPSA) is 0 Å². The van der Waals surface area contributed by atoms with Crippen LogP contribution in [0.1, 0.15) is 54.9 Å². The van der Waals surface area contributed by atoms with Gasteiger partial charge in [-0.2, -0.15) is 0 Å². The Balaban J connectivity index is 0.00000156. The number of halogens is 2. The van der Waals surface area contributed by atoms with E-state index in [9.17, 15) is 0 Å². The smallest absolute Gasteiger partial charge is 1.00 e. The van der Waals surface area contributed by atoms with Gasteiger partial charge in [-0.15, -0.1) is 0 Å². The summed E-state index contributed by atoms with van der Waals surface area (Å²) in [5.74, 6) is 0. The van der Waals surface area contributed by atoms with Gasteiger partial charge in [0, 0.05) is 0 Å². The predicted octanol–water partition coefficient (Wildman–Crippen LogP) is 0.814. The van der Waals surface area contributed by atoms with Gasteiger partial charge in [-0.05, 0) is 0 Å². The Morgan fingerprint density at radius 3 is 1.96 bits per heavy atom. The van der Waals surface area contributed by atoms with Crippen molar-refractivity contribution in [2.75, 3.05) is 0 Å². The molecule has 3 rings (SSSR count). The number of allylic oxidation sites excluding steroid dienone is 8. The second kappa shape index (κ2) is 7.93. The summed E-state index contributed by atoms with van der Waals surface area (Å²) in [6, 6.07) is 4.66. The molecule has 0 aromatic carbocycles. The van der Waals surface area contributed by atoms with Gasteiger partial charge in [0.2, 0.25) is 0 Å². The monoisotopic (exact) mass is 562 g/mol. The summed E-state index contributed by atoms with van der Waals surface area (Å²) in [6.07, 6.45) is 9.42. The van der Waals surface area contributed by atoms with E-state index in [1.807, 2.05) is 3.33 Å². The van der Waals surface area contributed by atoms with Crippen LogP contribution in [-0.4, -0.2) is 8.07 Å². The zero-order chi connectivity index (χ0) is 17.0. The average Bonchev–Trinajstić information content (AvgIpc) is 2.89. The fourth-order valence-electron chi connectivity index (χ4n) is 4.97. The van der Waals surface area contributed by atoms with E-state index in [2.05, 4.69) is 66.7 Å². The van der Waals surface area contributed by atoms with E-state index in [-0.39, 0.29) is 24.8 Å². The molecular formula is C21H32Cl2HfSi. The molecule has 1 aliphatic heterocycles. The molecular weight excluding hydrogens is 530 g/mol. The van der Waals surface area contributed by atoms with Crippen molar-refractivity contribution in [1.29, 1.82) is 0 Å². The normalized spacial score (nSPS) is 28.8. The summed E-state index contributed by atoms with van der Waals surface area (Å²) >= 11 is -0.968. The summed E-state index contributed by atoms with van der Waals surface area (Å²) in [5, 5.41) is 0. The molecule has 1 heterocycles. The fraction of sp³-hybridized carbons (Fsp3) is 0.619. The van der Waals surface area contributed by atoms with Gasteiger partial charge in [-0.3, -0.25) is 0 Å². The first-order chi connectivity index (χ1) is 10.7. The van der Waals surface area contributed by atoms with Crippen LogP contribution < -0.4 is 24.8 Å². The predicted molar refractivity (Wildman–Crippen MR) is 101 cm³/mol. The quantitative estimate of drug-likeness (QED) is 0.446. The van der Waals surface area contributed by atoms with Crippen LogP contribution in [-0.2, 0) is 22.9 Å². The molecule has 0 amide bonds. The van der Waals surface area contributed by atoms with E-state index in [1.165, 1.54) is 12.5 Å². The van der Waals surface area contributed by atoms with Gasteiger partial charge in [-0.1, -0.05) is 0 Å². The Bertz CT molecular complexity index is 660. The molecule has 138 valence electrons. The minimum atomic E-state index is -1.11. The first-order valence-electron chi connectivity index (χ1n) is 9.26. The van der Waals surface area contributed by atoms with Crippen LogP contribution >= 0.6 is 0 Å². The summed E-state index contributed by atoms with van der Waals surface area (Å²) in [6.45, 7) is 17.0. The van der Waals surface area contributed by atoms with E-state index >= 15 is 0 Å². The fourth-order valence-corrected chi connectivity index (χ4v) is 24.3. The molecule has 0 N–H and O–H groups in total. The van der Waals surface area contributed by atoms with Crippen LogP contribution in [0.2, 0.25) is 20.9 Å². The second-order valence-corrected chi connectivity index (χ2v) is 21.1. The standard InChI is InChI=1S/C11H17Si.C10H15.2ClH.Hf/c1-3-12(7-4-8-12)11-6-5-10(2)9-11;1-7-6-10(4,5)9(3)8(7)2;;;/h5-6,9H,3-4,7-8H2,1-2H3;1-5H3;2*1H;/q;;;;+2/p-2. The van der Waals surface area contributed by atoms with Crippen molar-refractivity contribution >= 4 is 8.07 Å². The Hall–Kier alpha value is 0.627. The number of rotatable bonds is 4. The maximum absolute atomic E-state index is 2.75. The third-order valence-electron chi connectivity index (χ3n) is 7.32. The molecule has 1 unspecified atom stereocenters. The molecule has 0 nitrogen and oxygen atoms in total. The van der Waals surface area contributed by atoms with Crippen molar-refractivity contribution in [3.05, 3.63) is 43.9 Å². The second-order valence-electron chi connectivity index (χ2n) is 8.58. The van der Waals surface area contributed by atoms with Gasteiger partial charge in [0.1, 0.15) is 0 Å². The van der Waals surface area contributed by atoms with Gasteiger partial charge in [0.15, 0.2) is 0 Å². The summed E-state index contributed by atoms with van der Waals surface area (Å²) < 4.78 is 2.50. The van der Waals surface area contributed by atoms with Crippen molar-refractivity contribution in [2.45, 2.75) is 75.8 Å². The van der Waals surface area contributed by atoms with Crippen LogP contribution in [0.25, 0.3) is 0 Å². The average molecular weight is 562 g/mol. The largest absolute Gasteiger partial charge is 1.00 e. The van der Waals surface area contributed by atoms with Gasteiger partial charge < -0.3 is 24.8 Å². The van der Waals surface area contributed by atoms with Gasteiger partial charge >= 0.3 is 156 Å². The minimum Gasteiger partial charge on any atom is -1.00 e. The molecule has 0 aromatic heterocycles. The van der Waals surface area contributed by atoms with Crippen LogP contribution in [0.3, 0.4) is 0 Å². The first kappa shape index (κ1) is 23.7. The maximum Gasteiger partial charge on any atom is -1.00 e. The molecule has 0 spiro atoms. The number of hydrogen-bond acceptors (Lipinski definition) is 0. The van der Waals surface area contributed by atoms with E-state index in [0.29, 0.717) is 8.21 Å². The first-order valence-corrected chi connectivity index (χ1v) is 15.5. The van der Waals surface area contributed by atoms with E-state index in [4.69, 9.17) is 0 Å². The Morgan fingerprint density at radius 1 is 1.04 bits per heavy atom. The Kier molecular flexibility index (Phi) is 7.51. The molecule has 2 aliphatic carbocycles. The summed E-state index contributed by atoms with van der Waals surface area (Å²) in [4.78, 5) is 0. The van der Waals surface area contributed by atoms with Crippen molar-refractivity contribution in [2.24, 2.45) is 5.41 Å². The molecule has 1 saturated heterocycles. The molecule has 1 fully saturated rings. The van der Waals surface area contributed by atoms with Crippen LogP contribution in [0.15, 0.2) is 43.9 Å². The van der Waals surface area contributed by atoms with Crippen LogP contribution in [0, 0.1) is 5.41 Å². The van der Waals surface area contributed by atoms with Crippen molar-refractivity contribution in [1.82, 2.24) is 0 Å². The molecule has 25 heavy (non-hydrogen) atoms. The molecule has 0 radical (unpaired) electrons. The van der Waals surface area contributed by atoms with Gasteiger partial charge in [-0.25, -0.2) is 0 Å². The van der Waals surface area contributed by atoms with E-state index in [0.717, 1.165) is 0 Å². The zero-order valence-corrected chi connectivity index (χ0v) is 22.9. The molecule has 0 bridgehead atoms. The van der Waals surface area contributed by atoms with Gasteiger partial charge in [0.05, 0.1) is 0 Å². The van der Waals surface area contributed by atoms with Gasteiger partial charge in [0.25, 0.3) is 0 Å². The number of hydrogen-bond donors (Lipinski definition) is 0. The molecule has 0 saturated carbocycles. The van der Waals surface area contributed by atoms with Crippen LogP contribution in [0.4, 0.5) is 0 Å². The third kappa shape index (κ3) is 3.43. The molecule has 3 aliphatic rings. The molecule has 0 aromatic rings. The van der Waals surface area contributed by atoms with Crippen molar-refractivity contribution in [3.8, 4) is 0 Å². The third-order valence-corrected chi connectivity index (χ3v) is 27.2. The van der Waals surface area contributed by atoms with Crippen molar-refractivity contribution in [3.63, 3.8) is 0 Å². The van der Waals surface area contributed by atoms with E-state index < -0.39 is 31.0 Å². The zero-order valence-electron chi connectivity index (χ0n) is 16.8. The SMILES string of the molecule is CC[Si]1([C]2([Hf+2][C]3=C(C)C(C)=C(C)C3(C)C)C=CC(C)=C2)CCC1.[Cl-].[Cl-]. The maximum atomic E-state index is 2.75. The Labute approximate surface area is 179 Å².